The summed E-state index contributed by atoms with van der Waals surface area (Å²) in [6.07, 6.45) is 8.24. The number of alkyl halides is 3. The zero-order chi connectivity index (χ0) is 30.2. The van der Waals surface area contributed by atoms with Crippen molar-refractivity contribution >= 4 is 29.8 Å². The number of aliphatic carboxylic acids is 1. The van der Waals surface area contributed by atoms with Crippen LogP contribution in [-0.4, -0.2) is 35.6 Å². The van der Waals surface area contributed by atoms with Crippen LogP contribution in [0.1, 0.15) is 77.7 Å². The molecule has 222 valence electrons. The van der Waals surface area contributed by atoms with Gasteiger partial charge in [-0.1, -0.05) is 24.1 Å². The molecule has 0 aromatic heterocycles. The molecule has 0 bridgehead atoms. The Kier molecular flexibility index (Phi) is 11.3. The average molecular weight is 572 g/mol. The summed E-state index contributed by atoms with van der Waals surface area (Å²) in [7, 11) is 0. The van der Waals surface area contributed by atoms with Crippen LogP contribution in [-0.2, 0) is 4.79 Å². The standard InChI is InChI=1S/C32H40F3N3O3/c1-20(25-13-11-24(12-14-25)18-30(39)40)9-10-21(2)29(36-5)19-37-23(4)31(26-7-6-8-26)38-28-16-15-27(17-22(28)3)41-32(33,34)35/h9-10,15-17,19,24-26H,5-8,11-14,18H2,1-4H3,(H,39,40)/b20-9+,21-10+,29-19-,37-23?,38-31?. The number of nitrogens with zero attached hydrogens (tertiary/aromatic N) is 3. The highest BCUT2D eigenvalue weighted by atomic mass is 19.4. The Morgan fingerprint density at radius 3 is 2.29 bits per heavy atom. The molecule has 0 amide bonds. The molecule has 1 aromatic carbocycles. The van der Waals surface area contributed by atoms with Gasteiger partial charge in [-0.3, -0.25) is 19.8 Å². The molecule has 0 radical (unpaired) electrons. The van der Waals surface area contributed by atoms with E-state index < -0.39 is 12.3 Å². The zero-order valence-corrected chi connectivity index (χ0v) is 24.3. The number of carboxylic acids is 1. The monoisotopic (exact) mass is 571 g/mol. The fourth-order valence-corrected chi connectivity index (χ4v) is 5.27. The van der Waals surface area contributed by atoms with E-state index in [4.69, 9.17) is 10.1 Å². The summed E-state index contributed by atoms with van der Waals surface area (Å²) in [6.45, 7) is 11.4. The van der Waals surface area contributed by atoms with E-state index in [0.717, 1.165) is 61.9 Å². The van der Waals surface area contributed by atoms with Crippen molar-refractivity contribution in [2.45, 2.75) is 85.4 Å². The highest BCUT2D eigenvalue weighted by Gasteiger charge is 2.31. The highest BCUT2D eigenvalue weighted by molar-refractivity contribution is 6.43. The molecule has 2 fully saturated rings. The van der Waals surface area contributed by atoms with Crippen LogP contribution in [0.4, 0.5) is 18.9 Å². The Labute approximate surface area is 240 Å². The Bertz CT molecular complexity index is 1260. The molecule has 0 saturated heterocycles. The van der Waals surface area contributed by atoms with Crippen molar-refractivity contribution in [2.75, 3.05) is 0 Å². The SMILES string of the molecule is C=NC(=C\N=C(C)C(=Nc1ccc(OC(F)(F)F)cc1C)C1CCC1)/C(C)=C/C=C(\C)C1CCC(CC(=O)O)CC1. The number of aliphatic imine (C=N–C) groups is 3. The largest absolute Gasteiger partial charge is 0.573 e. The molecular weight excluding hydrogens is 531 g/mol. The topological polar surface area (TPSA) is 83.6 Å². The molecule has 6 nitrogen and oxygen atoms in total. The van der Waals surface area contributed by atoms with Crippen molar-refractivity contribution in [2.24, 2.45) is 32.7 Å². The van der Waals surface area contributed by atoms with Crippen LogP contribution in [0.5, 0.6) is 5.75 Å². The van der Waals surface area contributed by atoms with Crippen molar-refractivity contribution in [3.8, 4) is 5.75 Å². The molecule has 1 aromatic rings. The molecular formula is C32H40F3N3O3. The van der Waals surface area contributed by atoms with Gasteiger partial charge in [-0.2, -0.15) is 0 Å². The van der Waals surface area contributed by atoms with E-state index in [1.54, 1.807) is 13.1 Å². The second-order valence-corrected chi connectivity index (χ2v) is 11.1. The number of allylic oxidation sites excluding steroid dienone is 4. The van der Waals surface area contributed by atoms with Crippen molar-refractivity contribution in [3.05, 3.63) is 59.0 Å². The van der Waals surface area contributed by atoms with Gasteiger partial charge in [0.1, 0.15) is 5.75 Å². The first-order valence-electron chi connectivity index (χ1n) is 14.1. The summed E-state index contributed by atoms with van der Waals surface area (Å²) in [5.74, 6) is -0.0258. The lowest BCUT2D eigenvalue weighted by atomic mass is 9.77. The van der Waals surface area contributed by atoms with Crippen LogP contribution in [0.15, 0.2) is 68.4 Å². The van der Waals surface area contributed by atoms with Gasteiger partial charge in [0.05, 0.1) is 29.0 Å². The number of carbonyl (C=O) groups is 1. The number of hydrogen-bond donors (Lipinski definition) is 1. The van der Waals surface area contributed by atoms with Gasteiger partial charge in [0.15, 0.2) is 0 Å². The molecule has 0 aliphatic heterocycles. The minimum absolute atomic E-state index is 0.241. The van der Waals surface area contributed by atoms with Gasteiger partial charge in [-0.05, 0) is 114 Å². The number of rotatable bonds is 11. The summed E-state index contributed by atoms with van der Waals surface area (Å²) in [5.41, 5.74) is 5.52. The normalized spacial score (nSPS) is 21.9. The maximum Gasteiger partial charge on any atom is 0.573 e. The van der Waals surface area contributed by atoms with Crippen molar-refractivity contribution in [1.82, 2.24) is 0 Å². The molecule has 2 aliphatic carbocycles. The first-order chi connectivity index (χ1) is 19.4. The Hall–Kier alpha value is -3.49. The predicted octanol–water partition coefficient (Wildman–Crippen LogP) is 8.94. The fraction of sp³-hybridized carbons (Fsp3) is 0.500. The number of hydrogen-bond acceptors (Lipinski definition) is 5. The van der Waals surface area contributed by atoms with Gasteiger partial charge in [-0.25, -0.2) is 0 Å². The molecule has 1 N–H and O–H groups in total. The molecule has 3 rings (SSSR count). The minimum Gasteiger partial charge on any atom is -0.481 e. The van der Waals surface area contributed by atoms with Crippen molar-refractivity contribution < 1.29 is 27.8 Å². The number of benzene rings is 1. The molecule has 41 heavy (non-hydrogen) atoms. The maximum atomic E-state index is 12.6. The predicted molar refractivity (Wildman–Crippen MR) is 158 cm³/mol. The second-order valence-electron chi connectivity index (χ2n) is 11.1. The zero-order valence-electron chi connectivity index (χ0n) is 24.3. The van der Waals surface area contributed by atoms with Gasteiger partial charge in [0, 0.05) is 12.3 Å². The smallest absolute Gasteiger partial charge is 0.481 e. The third-order valence-electron chi connectivity index (χ3n) is 8.01. The van der Waals surface area contributed by atoms with Gasteiger partial charge < -0.3 is 9.84 Å². The lowest BCUT2D eigenvalue weighted by Crippen LogP contribution is -2.27. The third-order valence-corrected chi connectivity index (χ3v) is 8.01. The second kappa shape index (κ2) is 14.4. The number of ether oxygens (including phenoxy) is 1. The third kappa shape index (κ3) is 9.83. The molecule has 0 atom stereocenters. The van der Waals surface area contributed by atoms with E-state index >= 15 is 0 Å². The number of carboxylic acid groups (broad SMARTS) is 1. The summed E-state index contributed by atoms with van der Waals surface area (Å²) in [4.78, 5) is 24.6. The van der Waals surface area contributed by atoms with E-state index in [0.29, 0.717) is 22.9 Å². The lowest BCUT2D eigenvalue weighted by Gasteiger charge is -2.28. The Balaban J connectivity index is 1.76. The highest BCUT2D eigenvalue weighted by Crippen LogP contribution is 2.35. The van der Waals surface area contributed by atoms with Crippen LogP contribution < -0.4 is 4.74 Å². The molecule has 0 unspecified atom stereocenters. The Morgan fingerprint density at radius 2 is 1.76 bits per heavy atom. The summed E-state index contributed by atoms with van der Waals surface area (Å²) >= 11 is 0. The van der Waals surface area contributed by atoms with E-state index in [1.165, 1.54) is 23.8 Å². The van der Waals surface area contributed by atoms with Crippen LogP contribution in [0.25, 0.3) is 0 Å². The molecule has 0 spiro atoms. The van der Waals surface area contributed by atoms with E-state index in [1.807, 2.05) is 19.9 Å². The maximum absolute atomic E-state index is 12.6. The van der Waals surface area contributed by atoms with Crippen LogP contribution in [0.3, 0.4) is 0 Å². The van der Waals surface area contributed by atoms with Gasteiger partial charge >= 0.3 is 12.3 Å². The lowest BCUT2D eigenvalue weighted by molar-refractivity contribution is -0.274. The van der Waals surface area contributed by atoms with Crippen molar-refractivity contribution in [3.63, 3.8) is 0 Å². The first kappa shape index (κ1) is 32.0. The van der Waals surface area contributed by atoms with E-state index in [9.17, 15) is 18.0 Å². The van der Waals surface area contributed by atoms with Gasteiger partial charge in [-0.15, -0.1) is 13.2 Å². The molecule has 9 heteroatoms. The minimum atomic E-state index is -4.75. The summed E-state index contributed by atoms with van der Waals surface area (Å²) in [5, 5.41) is 9.04. The van der Waals surface area contributed by atoms with Crippen molar-refractivity contribution in [1.29, 1.82) is 0 Å². The van der Waals surface area contributed by atoms with Gasteiger partial charge in [0.2, 0.25) is 0 Å². The summed E-state index contributed by atoms with van der Waals surface area (Å²) < 4.78 is 41.8. The quantitative estimate of drug-likeness (QED) is 0.213. The molecule has 0 heterocycles. The van der Waals surface area contributed by atoms with Gasteiger partial charge in [0.25, 0.3) is 0 Å². The number of aryl methyl sites for hydroxylation is 1. The summed E-state index contributed by atoms with van der Waals surface area (Å²) in [6, 6.07) is 4.15. The molecule has 2 saturated carbocycles. The average Bonchev–Trinajstić information content (AvgIpc) is 2.86. The number of halogens is 3. The Morgan fingerprint density at radius 1 is 1.07 bits per heavy atom. The van der Waals surface area contributed by atoms with Crippen LogP contribution in [0, 0.1) is 24.7 Å². The van der Waals surface area contributed by atoms with E-state index in [2.05, 4.69) is 34.4 Å². The van der Waals surface area contributed by atoms with Crippen LogP contribution >= 0.6 is 0 Å². The molecule has 2 aliphatic rings. The first-order valence-corrected chi connectivity index (χ1v) is 14.1. The van der Waals surface area contributed by atoms with Crippen LogP contribution in [0.2, 0.25) is 0 Å². The van der Waals surface area contributed by atoms with E-state index in [-0.39, 0.29) is 24.0 Å². The fourth-order valence-electron chi connectivity index (χ4n) is 5.27.